The first-order valence-corrected chi connectivity index (χ1v) is 7.07. The molecule has 0 amide bonds. The minimum atomic E-state index is 0.0356. The van der Waals surface area contributed by atoms with Gasteiger partial charge in [0.15, 0.2) is 0 Å². The topological polar surface area (TPSA) is 47.3 Å². The van der Waals surface area contributed by atoms with Gasteiger partial charge in [0.05, 0.1) is 20.2 Å². The summed E-state index contributed by atoms with van der Waals surface area (Å²) >= 11 is 8.58. The lowest BCUT2D eigenvalue weighted by atomic mass is 10.2. The van der Waals surface area contributed by atoms with E-state index in [-0.39, 0.29) is 6.04 Å². The van der Waals surface area contributed by atoms with Crippen molar-refractivity contribution in [3.05, 3.63) is 19.2 Å². The second-order valence-corrected chi connectivity index (χ2v) is 6.82. The van der Waals surface area contributed by atoms with E-state index in [4.69, 9.17) is 10.6 Å². The van der Waals surface area contributed by atoms with Crippen LogP contribution in [0.3, 0.4) is 0 Å². The molecule has 3 N–H and O–H groups in total. The van der Waals surface area contributed by atoms with Crippen LogP contribution in [0.2, 0.25) is 0 Å². The van der Waals surface area contributed by atoms with Crippen LogP contribution in [0.5, 0.6) is 0 Å². The molecule has 1 heterocycles. The van der Waals surface area contributed by atoms with E-state index in [1.165, 1.54) is 0 Å². The molecule has 15 heavy (non-hydrogen) atoms. The third kappa shape index (κ3) is 4.13. The first kappa shape index (κ1) is 13.6. The maximum Gasteiger partial charge on any atom is 0.0759 e. The zero-order chi connectivity index (χ0) is 11.3. The fourth-order valence-corrected chi connectivity index (χ4v) is 4.14. The molecule has 1 unspecified atom stereocenters. The first-order chi connectivity index (χ1) is 7.19. The molecule has 86 valence electrons. The SMILES string of the molecule is CCCOCC(NN)c1cc(Br)sc1Br. The predicted octanol–water partition coefficient (Wildman–Crippen LogP) is 3.20. The number of nitrogens with two attached hydrogens (primary N) is 1. The van der Waals surface area contributed by atoms with E-state index in [2.05, 4.69) is 50.3 Å². The van der Waals surface area contributed by atoms with Gasteiger partial charge in [-0.05, 0) is 49.9 Å². The fraction of sp³-hybridized carbons (Fsp3) is 0.556. The lowest BCUT2D eigenvalue weighted by Crippen LogP contribution is -2.31. The molecule has 3 nitrogen and oxygen atoms in total. The summed E-state index contributed by atoms with van der Waals surface area (Å²) < 4.78 is 7.64. The van der Waals surface area contributed by atoms with Gasteiger partial charge in [0, 0.05) is 6.61 Å². The highest BCUT2D eigenvalue weighted by atomic mass is 79.9. The number of rotatable bonds is 6. The summed E-state index contributed by atoms with van der Waals surface area (Å²) in [5.41, 5.74) is 3.89. The van der Waals surface area contributed by atoms with E-state index < -0.39 is 0 Å². The Balaban J connectivity index is 2.61. The number of ether oxygens (including phenoxy) is 1. The van der Waals surface area contributed by atoms with Crippen molar-refractivity contribution in [2.45, 2.75) is 19.4 Å². The molecule has 0 aliphatic rings. The van der Waals surface area contributed by atoms with Crippen LogP contribution in [0.25, 0.3) is 0 Å². The third-order valence-electron chi connectivity index (χ3n) is 1.89. The van der Waals surface area contributed by atoms with Gasteiger partial charge in [-0.2, -0.15) is 0 Å². The maximum absolute atomic E-state index is 5.50. The van der Waals surface area contributed by atoms with Crippen molar-refractivity contribution in [3.8, 4) is 0 Å². The standard InChI is InChI=1S/C9H14Br2N2OS/c1-2-3-14-5-7(13-12)6-4-8(10)15-9(6)11/h4,7,13H,2-3,5,12H2,1H3. The molecule has 1 atom stereocenters. The van der Waals surface area contributed by atoms with Gasteiger partial charge in [0.25, 0.3) is 0 Å². The monoisotopic (exact) mass is 356 g/mol. The molecule has 0 saturated carbocycles. The minimum Gasteiger partial charge on any atom is -0.379 e. The molecule has 1 aromatic heterocycles. The van der Waals surface area contributed by atoms with Gasteiger partial charge in [0.2, 0.25) is 0 Å². The second-order valence-electron chi connectivity index (χ2n) is 3.07. The number of nitrogens with one attached hydrogen (secondary N) is 1. The highest BCUT2D eigenvalue weighted by molar-refractivity contribution is 9.12. The number of hydrogen-bond donors (Lipinski definition) is 2. The van der Waals surface area contributed by atoms with Gasteiger partial charge >= 0.3 is 0 Å². The van der Waals surface area contributed by atoms with Crippen molar-refractivity contribution in [3.63, 3.8) is 0 Å². The average molecular weight is 358 g/mol. The zero-order valence-corrected chi connectivity index (χ0v) is 12.4. The maximum atomic E-state index is 5.50. The molecule has 0 aromatic carbocycles. The van der Waals surface area contributed by atoms with Crippen LogP contribution >= 0.6 is 43.2 Å². The lowest BCUT2D eigenvalue weighted by molar-refractivity contribution is 0.112. The number of halogens is 2. The normalized spacial score (nSPS) is 13.1. The molecule has 0 radical (unpaired) electrons. The molecule has 1 aromatic rings. The Morgan fingerprint density at radius 2 is 2.33 bits per heavy atom. The van der Waals surface area contributed by atoms with Gasteiger partial charge in [-0.15, -0.1) is 11.3 Å². The summed E-state index contributed by atoms with van der Waals surface area (Å²) in [5, 5.41) is 0. The zero-order valence-electron chi connectivity index (χ0n) is 8.43. The van der Waals surface area contributed by atoms with Crippen LogP contribution in [-0.4, -0.2) is 13.2 Å². The van der Waals surface area contributed by atoms with Crippen molar-refractivity contribution < 1.29 is 4.74 Å². The summed E-state index contributed by atoms with van der Waals surface area (Å²) in [6, 6.07) is 2.09. The van der Waals surface area contributed by atoms with Gasteiger partial charge < -0.3 is 4.74 Å². The van der Waals surface area contributed by atoms with Crippen LogP contribution in [0, 0.1) is 0 Å². The molecule has 0 fully saturated rings. The summed E-state index contributed by atoms with van der Waals surface area (Å²) in [4.78, 5) is 0. The smallest absolute Gasteiger partial charge is 0.0759 e. The van der Waals surface area contributed by atoms with E-state index in [1.807, 2.05) is 0 Å². The highest BCUT2D eigenvalue weighted by Crippen LogP contribution is 2.35. The van der Waals surface area contributed by atoms with Crippen LogP contribution in [0.1, 0.15) is 24.9 Å². The summed E-state index contributed by atoms with van der Waals surface area (Å²) in [7, 11) is 0. The lowest BCUT2D eigenvalue weighted by Gasteiger charge is -2.15. The Morgan fingerprint density at radius 3 is 2.80 bits per heavy atom. The predicted molar refractivity (Wildman–Crippen MR) is 70.9 cm³/mol. The van der Waals surface area contributed by atoms with Crippen molar-refractivity contribution >= 4 is 43.2 Å². The van der Waals surface area contributed by atoms with Crippen LogP contribution < -0.4 is 11.3 Å². The number of hydrazine groups is 1. The van der Waals surface area contributed by atoms with Crippen molar-refractivity contribution in [1.29, 1.82) is 0 Å². The van der Waals surface area contributed by atoms with E-state index in [0.717, 1.165) is 26.2 Å². The Morgan fingerprint density at radius 1 is 1.60 bits per heavy atom. The summed E-state index contributed by atoms with van der Waals surface area (Å²) in [6.45, 7) is 3.44. The van der Waals surface area contributed by atoms with Crippen LogP contribution in [0.4, 0.5) is 0 Å². The van der Waals surface area contributed by atoms with Crippen molar-refractivity contribution in [1.82, 2.24) is 5.43 Å². The molecular weight excluding hydrogens is 344 g/mol. The summed E-state index contributed by atoms with van der Waals surface area (Å²) in [6.07, 6.45) is 1.02. The fourth-order valence-electron chi connectivity index (χ4n) is 1.16. The minimum absolute atomic E-state index is 0.0356. The third-order valence-corrected chi connectivity index (χ3v) is 4.28. The van der Waals surface area contributed by atoms with Gasteiger partial charge in [-0.25, -0.2) is 0 Å². The Bertz CT molecular complexity index is 306. The van der Waals surface area contributed by atoms with E-state index in [9.17, 15) is 0 Å². The molecule has 0 aliphatic heterocycles. The summed E-state index contributed by atoms with van der Waals surface area (Å²) in [5.74, 6) is 5.50. The average Bonchev–Trinajstić information content (AvgIpc) is 2.53. The second kappa shape index (κ2) is 6.98. The van der Waals surface area contributed by atoms with E-state index in [0.29, 0.717) is 6.61 Å². The molecule has 0 bridgehead atoms. The van der Waals surface area contributed by atoms with Crippen molar-refractivity contribution in [2.24, 2.45) is 5.84 Å². The van der Waals surface area contributed by atoms with Crippen LogP contribution in [0.15, 0.2) is 13.6 Å². The van der Waals surface area contributed by atoms with Crippen LogP contribution in [-0.2, 0) is 4.74 Å². The molecular formula is C9H14Br2N2OS. The van der Waals surface area contributed by atoms with E-state index >= 15 is 0 Å². The number of thiophene rings is 1. The Labute approximate surface area is 111 Å². The molecule has 6 heteroatoms. The van der Waals surface area contributed by atoms with Gasteiger partial charge in [0.1, 0.15) is 0 Å². The molecule has 1 rings (SSSR count). The van der Waals surface area contributed by atoms with Gasteiger partial charge in [-0.1, -0.05) is 6.92 Å². The molecule has 0 spiro atoms. The quantitative estimate of drug-likeness (QED) is 0.467. The van der Waals surface area contributed by atoms with E-state index in [1.54, 1.807) is 11.3 Å². The Hall–Kier alpha value is 0.540. The molecule has 0 aliphatic carbocycles. The first-order valence-electron chi connectivity index (χ1n) is 4.67. The number of hydrogen-bond acceptors (Lipinski definition) is 4. The largest absolute Gasteiger partial charge is 0.379 e. The highest BCUT2D eigenvalue weighted by Gasteiger charge is 2.15. The Kier molecular flexibility index (Phi) is 6.33. The molecule has 0 saturated heterocycles. The van der Waals surface area contributed by atoms with Crippen molar-refractivity contribution in [2.75, 3.05) is 13.2 Å². The van der Waals surface area contributed by atoms with Gasteiger partial charge in [-0.3, -0.25) is 11.3 Å².